The molecule has 0 aliphatic heterocycles. The van der Waals surface area contributed by atoms with Crippen molar-refractivity contribution in [3.63, 3.8) is 0 Å². The molecule has 3 nitrogen and oxygen atoms in total. The first-order valence-corrected chi connectivity index (χ1v) is 8.32. The van der Waals surface area contributed by atoms with E-state index in [0.29, 0.717) is 17.9 Å². The van der Waals surface area contributed by atoms with Crippen molar-refractivity contribution in [2.24, 2.45) is 0 Å². The Hall–Kier alpha value is -1.17. The van der Waals surface area contributed by atoms with Gasteiger partial charge in [-0.05, 0) is 54.2 Å². The summed E-state index contributed by atoms with van der Waals surface area (Å²) in [4.78, 5) is 15.0. The lowest BCUT2D eigenvalue weighted by Crippen LogP contribution is -2.23. The van der Waals surface area contributed by atoms with Gasteiger partial charge >= 0.3 is 0 Å². The molecule has 0 bridgehead atoms. The average molecular weight is 368 g/mol. The number of para-hydroxylation sites is 1. The summed E-state index contributed by atoms with van der Waals surface area (Å²) in [7, 11) is 2.06. The highest BCUT2D eigenvalue weighted by atomic mass is 79.9. The standard InChI is InChI=1S/C16H18BrNO2S/c1-12(19)14-5-3-4-6-15(14)20-10-9-18(2)11-13-7-8-16(17)21-13/h3-8H,9-11H2,1-2H3. The van der Waals surface area contributed by atoms with Crippen molar-refractivity contribution in [3.8, 4) is 5.75 Å². The van der Waals surface area contributed by atoms with Crippen LogP contribution < -0.4 is 4.74 Å². The van der Waals surface area contributed by atoms with Crippen molar-refractivity contribution in [1.82, 2.24) is 4.90 Å². The van der Waals surface area contributed by atoms with E-state index in [-0.39, 0.29) is 5.78 Å². The number of halogens is 1. The van der Waals surface area contributed by atoms with E-state index in [0.717, 1.165) is 16.9 Å². The molecular formula is C16H18BrNO2S. The van der Waals surface area contributed by atoms with E-state index in [9.17, 15) is 4.79 Å². The molecule has 0 atom stereocenters. The summed E-state index contributed by atoms with van der Waals surface area (Å²) in [5.41, 5.74) is 0.641. The molecule has 0 spiro atoms. The van der Waals surface area contributed by atoms with Gasteiger partial charge in [0.05, 0.1) is 9.35 Å². The van der Waals surface area contributed by atoms with Crippen molar-refractivity contribution in [3.05, 3.63) is 50.6 Å². The van der Waals surface area contributed by atoms with Crippen molar-refractivity contribution in [2.75, 3.05) is 20.2 Å². The first-order valence-electron chi connectivity index (χ1n) is 6.72. The van der Waals surface area contributed by atoms with E-state index in [1.165, 1.54) is 4.88 Å². The van der Waals surface area contributed by atoms with Crippen LogP contribution in [0.1, 0.15) is 22.2 Å². The highest BCUT2D eigenvalue weighted by molar-refractivity contribution is 9.11. The highest BCUT2D eigenvalue weighted by Gasteiger charge is 2.08. The molecule has 5 heteroatoms. The summed E-state index contributed by atoms with van der Waals surface area (Å²) in [6.07, 6.45) is 0. The van der Waals surface area contributed by atoms with Crippen LogP contribution in [0.2, 0.25) is 0 Å². The number of ketones is 1. The second-order valence-electron chi connectivity index (χ2n) is 4.84. The number of hydrogen-bond donors (Lipinski definition) is 0. The van der Waals surface area contributed by atoms with Crippen molar-refractivity contribution in [1.29, 1.82) is 0 Å². The molecule has 0 aliphatic carbocycles. The van der Waals surface area contributed by atoms with Gasteiger partial charge in [-0.25, -0.2) is 0 Å². The molecule has 0 amide bonds. The number of benzene rings is 1. The predicted octanol–water partition coefficient (Wildman–Crippen LogP) is 4.22. The van der Waals surface area contributed by atoms with E-state index in [1.54, 1.807) is 24.3 Å². The zero-order chi connectivity index (χ0) is 15.2. The third kappa shape index (κ3) is 4.95. The van der Waals surface area contributed by atoms with Gasteiger partial charge in [-0.3, -0.25) is 9.69 Å². The Balaban J connectivity index is 1.83. The number of Topliss-reactive ketones (excluding diaryl/α,β-unsaturated/α-hetero) is 1. The lowest BCUT2D eigenvalue weighted by molar-refractivity contribution is 0.101. The summed E-state index contributed by atoms with van der Waals surface area (Å²) in [6.45, 7) is 3.83. The predicted molar refractivity (Wildman–Crippen MR) is 90.3 cm³/mol. The van der Waals surface area contributed by atoms with Gasteiger partial charge < -0.3 is 4.74 Å². The van der Waals surface area contributed by atoms with E-state index < -0.39 is 0 Å². The van der Waals surface area contributed by atoms with E-state index in [1.807, 2.05) is 18.2 Å². The van der Waals surface area contributed by atoms with Gasteiger partial charge in [-0.1, -0.05) is 12.1 Å². The van der Waals surface area contributed by atoms with E-state index in [2.05, 4.69) is 40.0 Å². The second kappa shape index (κ2) is 7.73. The number of hydrogen-bond acceptors (Lipinski definition) is 4. The molecule has 0 saturated carbocycles. The smallest absolute Gasteiger partial charge is 0.163 e. The molecule has 1 aromatic heterocycles. The third-order valence-corrected chi connectivity index (χ3v) is 4.66. The van der Waals surface area contributed by atoms with E-state index >= 15 is 0 Å². The SMILES string of the molecule is CC(=O)c1ccccc1OCCN(C)Cc1ccc(Br)s1. The summed E-state index contributed by atoms with van der Waals surface area (Å²) in [5.74, 6) is 0.694. The fourth-order valence-electron chi connectivity index (χ4n) is 1.98. The zero-order valence-electron chi connectivity index (χ0n) is 12.1. The van der Waals surface area contributed by atoms with Crippen LogP contribution in [0.15, 0.2) is 40.2 Å². The van der Waals surface area contributed by atoms with Crippen LogP contribution in [0.3, 0.4) is 0 Å². The summed E-state index contributed by atoms with van der Waals surface area (Å²) in [5, 5.41) is 0. The minimum Gasteiger partial charge on any atom is -0.491 e. The molecule has 1 aromatic carbocycles. The van der Waals surface area contributed by atoms with Gasteiger partial charge in [-0.2, -0.15) is 0 Å². The van der Waals surface area contributed by atoms with Crippen LogP contribution in [0.25, 0.3) is 0 Å². The largest absolute Gasteiger partial charge is 0.491 e. The second-order valence-corrected chi connectivity index (χ2v) is 7.39. The number of carbonyl (C=O) groups is 1. The maximum Gasteiger partial charge on any atom is 0.163 e. The highest BCUT2D eigenvalue weighted by Crippen LogP contribution is 2.23. The van der Waals surface area contributed by atoms with Gasteiger partial charge in [0.1, 0.15) is 12.4 Å². The van der Waals surface area contributed by atoms with E-state index in [4.69, 9.17) is 4.74 Å². The minimum absolute atomic E-state index is 0.0300. The van der Waals surface area contributed by atoms with Gasteiger partial charge in [-0.15, -0.1) is 11.3 Å². The normalized spacial score (nSPS) is 10.9. The number of carbonyl (C=O) groups excluding carboxylic acids is 1. The Morgan fingerprint density at radius 2 is 2.05 bits per heavy atom. The van der Waals surface area contributed by atoms with Crippen LogP contribution >= 0.6 is 27.3 Å². The van der Waals surface area contributed by atoms with Crippen molar-refractivity contribution < 1.29 is 9.53 Å². The Labute approximate surface area is 137 Å². The first-order chi connectivity index (χ1) is 10.1. The van der Waals surface area contributed by atoms with Crippen LogP contribution in [0, 0.1) is 0 Å². The molecule has 2 aromatic rings. The van der Waals surface area contributed by atoms with Crippen LogP contribution in [0.4, 0.5) is 0 Å². The summed E-state index contributed by atoms with van der Waals surface area (Å²) < 4.78 is 6.89. The quantitative estimate of drug-likeness (QED) is 0.686. The minimum atomic E-state index is 0.0300. The number of ether oxygens (including phenoxy) is 1. The average Bonchev–Trinajstić information content (AvgIpc) is 2.84. The molecule has 21 heavy (non-hydrogen) atoms. The molecular weight excluding hydrogens is 350 g/mol. The number of likely N-dealkylation sites (N-methyl/N-ethyl adjacent to an activating group) is 1. The lowest BCUT2D eigenvalue weighted by Gasteiger charge is -2.16. The Bertz CT molecular complexity index is 612. The van der Waals surface area contributed by atoms with Gasteiger partial charge in [0.15, 0.2) is 5.78 Å². The molecule has 0 radical (unpaired) electrons. The molecule has 0 aliphatic rings. The molecule has 0 saturated heterocycles. The topological polar surface area (TPSA) is 29.5 Å². The van der Waals surface area contributed by atoms with Crippen molar-refractivity contribution in [2.45, 2.75) is 13.5 Å². The maximum atomic E-state index is 11.5. The molecule has 0 N–H and O–H groups in total. The van der Waals surface area contributed by atoms with Gasteiger partial charge in [0, 0.05) is 18.0 Å². The molecule has 2 rings (SSSR count). The third-order valence-electron chi connectivity index (χ3n) is 3.05. The zero-order valence-corrected chi connectivity index (χ0v) is 14.5. The number of thiophene rings is 1. The number of rotatable bonds is 7. The summed E-state index contributed by atoms with van der Waals surface area (Å²) >= 11 is 5.21. The Morgan fingerprint density at radius 1 is 1.29 bits per heavy atom. The van der Waals surface area contributed by atoms with Crippen LogP contribution in [0.5, 0.6) is 5.75 Å². The fraction of sp³-hybridized carbons (Fsp3) is 0.312. The van der Waals surface area contributed by atoms with Gasteiger partial charge in [0.25, 0.3) is 0 Å². The van der Waals surface area contributed by atoms with Crippen LogP contribution in [-0.2, 0) is 6.54 Å². The Morgan fingerprint density at radius 3 is 2.71 bits per heavy atom. The lowest BCUT2D eigenvalue weighted by atomic mass is 10.1. The maximum absolute atomic E-state index is 11.5. The molecule has 0 unspecified atom stereocenters. The summed E-state index contributed by atoms with van der Waals surface area (Å²) in [6, 6.07) is 11.6. The first kappa shape index (κ1) is 16.2. The molecule has 0 fully saturated rings. The Kier molecular flexibility index (Phi) is 5.96. The number of nitrogens with zero attached hydrogens (tertiary/aromatic N) is 1. The molecule has 1 heterocycles. The fourth-order valence-corrected chi connectivity index (χ4v) is 3.54. The monoisotopic (exact) mass is 367 g/mol. The van der Waals surface area contributed by atoms with Crippen LogP contribution in [-0.4, -0.2) is 30.9 Å². The van der Waals surface area contributed by atoms with Crippen molar-refractivity contribution >= 4 is 33.0 Å². The van der Waals surface area contributed by atoms with Gasteiger partial charge in [0.2, 0.25) is 0 Å². The molecule has 112 valence electrons.